The lowest BCUT2D eigenvalue weighted by molar-refractivity contribution is 0.0918. The quantitative estimate of drug-likeness (QED) is 0.611. The third kappa shape index (κ3) is 3.77. The van der Waals surface area contributed by atoms with E-state index in [2.05, 4.69) is 10.2 Å². The molecule has 7 nitrogen and oxygen atoms in total. The summed E-state index contributed by atoms with van der Waals surface area (Å²) in [5.41, 5.74) is 1.18. The normalized spacial score (nSPS) is 10.3. The van der Waals surface area contributed by atoms with Gasteiger partial charge in [-0.25, -0.2) is 0 Å². The molecule has 1 aromatic heterocycles. The van der Waals surface area contributed by atoms with Gasteiger partial charge >= 0.3 is 0 Å². The highest BCUT2D eigenvalue weighted by Crippen LogP contribution is 2.25. The third-order valence-corrected chi connectivity index (χ3v) is 3.54. The van der Waals surface area contributed by atoms with Crippen molar-refractivity contribution in [2.45, 2.75) is 0 Å². The molecule has 0 fully saturated rings. The molecule has 0 saturated carbocycles. The standard InChI is InChI=1S/C18H16N2O5/c1-22-14-7-8-17(23-2)15(9-14)16(21)10-24-13-5-3-12(4-6-13)18-20-19-11-25-18/h3-9,11H,10H2,1-2H3. The Labute approximate surface area is 144 Å². The number of ketones is 1. The minimum atomic E-state index is -0.211. The monoisotopic (exact) mass is 340 g/mol. The van der Waals surface area contributed by atoms with E-state index < -0.39 is 0 Å². The van der Waals surface area contributed by atoms with Crippen LogP contribution >= 0.6 is 0 Å². The van der Waals surface area contributed by atoms with E-state index in [0.717, 1.165) is 5.56 Å². The number of hydrogen-bond donors (Lipinski definition) is 0. The van der Waals surface area contributed by atoms with E-state index in [1.54, 1.807) is 42.5 Å². The van der Waals surface area contributed by atoms with Crippen molar-refractivity contribution >= 4 is 5.78 Å². The molecule has 128 valence electrons. The van der Waals surface area contributed by atoms with Gasteiger partial charge < -0.3 is 18.6 Å². The second-order valence-electron chi connectivity index (χ2n) is 5.05. The van der Waals surface area contributed by atoms with Crippen molar-refractivity contribution in [1.82, 2.24) is 10.2 Å². The van der Waals surface area contributed by atoms with Crippen molar-refractivity contribution in [2.24, 2.45) is 0 Å². The van der Waals surface area contributed by atoms with Crippen molar-refractivity contribution in [3.05, 3.63) is 54.4 Å². The van der Waals surface area contributed by atoms with Crippen LogP contribution in [0.1, 0.15) is 10.4 Å². The number of aromatic nitrogens is 2. The molecule has 0 bridgehead atoms. The largest absolute Gasteiger partial charge is 0.497 e. The zero-order valence-corrected chi connectivity index (χ0v) is 13.8. The molecule has 3 rings (SSSR count). The fourth-order valence-electron chi connectivity index (χ4n) is 2.25. The van der Waals surface area contributed by atoms with Crippen LogP contribution in [0, 0.1) is 0 Å². The first-order chi connectivity index (χ1) is 12.2. The fraction of sp³-hybridized carbons (Fsp3) is 0.167. The van der Waals surface area contributed by atoms with Crippen LogP contribution in [0.5, 0.6) is 17.2 Å². The lowest BCUT2D eigenvalue weighted by atomic mass is 10.1. The summed E-state index contributed by atoms with van der Waals surface area (Å²) in [5.74, 6) is 1.81. The summed E-state index contributed by atoms with van der Waals surface area (Å²) in [5, 5.41) is 7.46. The molecule has 0 amide bonds. The number of methoxy groups -OCH3 is 2. The summed E-state index contributed by atoms with van der Waals surface area (Å²) in [6.45, 7) is -0.122. The average molecular weight is 340 g/mol. The molecule has 0 aliphatic heterocycles. The molecular weight excluding hydrogens is 324 g/mol. The molecule has 2 aromatic carbocycles. The minimum absolute atomic E-state index is 0.122. The molecule has 7 heteroatoms. The average Bonchev–Trinajstić information content (AvgIpc) is 3.20. The zero-order chi connectivity index (χ0) is 17.6. The summed E-state index contributed by atoms with van der Waals surface area (Å²) in [4.78, 5) is 12.4. The number of carbonyl (C=O) groups excluding carboxylic acids is 1. The molecule has 0 radical (unpaired) electrons. The van der Waals surface area contributed by atoms with Crippen molar-refractivity contribution in [3.8, 4) is 28.7 Å². The molecule has 0 saturated heterocycles. The lowest BCUT2D eigenvalue weighted by Gasteiger charge is -2.10. The first-order valence-corrected chi connectivity index (χ1v) is 7.46. The van der Waals surface area contributed by atoms with Gasteiger partial charge in [0.25, 0.3) is 0 Å². The van der Waals surface area contributed by atoms with Crippen LogP contribution in [0.3, 0.4) is 0 Å². The number of ether oxygens (including phenoxy) is 3. The lowest BCUT2D eigenvalue weighted by Crippen LogP contribution is -2.13. The Bertz CT molecular complexity index is 844. The van der Waals surface area contributed by atoms with Crippen molar-refractivity contribution in [2.75, 3.05) is 20.8 Å². The van der Waals surface area contributed by atoms with E-state index in [1.807, 2.05) is 0 Å². The summed E-state index contributed by atoms with van der Waals surface area (Å²) in [6, 6.07) is 12.1. The van der Waals surface area contributed by atoms with E-state index >= 15 is 0 Å². The van der Waals surface area contributed by atoms with Crippen molar-refractivity contribution in [3.63, 3.8) is 0 Å². The van der Waals surface area contributed by atoms with Gasteiger partial charge in [0, 0.05) is 5.56 Å². The van der Waals surface area contributed by atoms with Gasteiger partial charge in [-0.2, -0.15) is 0 Å². The molecule has 3 aromatic rings. The first-order valence-electron chi connectivity index (χ1n) is 7.46. The maximum atomic E-state index is 12.4. The van der Waals surface area contributed by atoms with Gasteiger partial charge in [-0.05, 0) is 42.5 Å². The van der Waals surface area contributed by atoms with Gasteiger partial charge in [-0.1, -0.05) is 0 Å². The molecule has 0 unspecified atom stereocenters. The molecule has 0 aliphatic carbocycles. The van der Waals surface area contributed by atoms with E-state index in [0.29, 0.717) is 28.7 Å². The number of Topliss-reactive ketones (excluding diaryl/α,β-unsaturated/α-hetero) is 1. The Balaban J connectivity index is 1.68. The number of nitrogens with zero attached hydrogens (tertiary/aromatic N) is 2. The zero-order valence-electron chi connectivity index (χ0n) is 13.8. The first kappa shape index (κ1) is 16.5. The molecular formula is C18H16N2O5. The van der Waals surface area contributed by atoms with Crippen LogP contribution < -0.4 is 14.2 Å². The molecule has 0 aliphatic rings. The predicted molar refractivity (Wildman–Crippen MR) is 89.1 cm³/mol. The number of benzene rings is 2. The Kier molecular flexibility index (Phi) is 4.94. The van der Waals surface area contributed by atoms with E-state index in [9.17, 15) is 4.79 Å². The second kappa shape index (κ2) is 7.48. The van der Waals surface area contributed by atoms with Gasteiger partial charge in [0.2, 0.25) is 18.1 Å². The topological polar surface area (TPSA) is 83.7 Å². The Morgan fingerprint density at radius 2 is 1.80 bits per heavy atom. The van der Waals surface area contributed by atoms with Crippen LogP contribution in [-0.2, 0) is 0 Å². The third-order valence-electron chi connectivity index (χ3n) is 3.54. The summed E-state index contributed by atoms with van der Waals surface area (Å²) in [6.07, 6.45) is 1.26. The molecule has 0 spiro atoms. The van der Waals surface area contributed by atoms with Gasteiger partial charge in [-0.15, -0.1) is 10.2 Å². The Morgan fingerprint density at radius 1 is 1.04 bits per heavy atom. The minimum Gasteiger partial charge on any atom is -0.497 e. The van der Waals surface area contributed by atoms with Crippen LogP contribution in [-0.4, -0.2) is 36.8 Å². The van der Waals surface area contributed by atoms with Gasteiger partial charge in [0.15, 0.2) is 6.61 Å². The van der Waals surface area contributed by atoms with Gasteiger partial charge in [0.1, 0.15) is 17.2 Å². The highest BCUT2D eigenvalue weighted by atomic mass is 16.5. The number of rotatable bonds is 7. The fourth-order valence-corrected chi connectivity index (χ4v) is 2.25. The van der Waals surface area contributed by atoms with Crippen molar-refractivity contribution < 1.29 is 23.4 Å². The maximum Gasteiger partial charge on any atom is 0.247 e. The molecule has 25 heavy (non-hydrogen) atoms. The van der Waals surface area contributed by atoms with Crippen LogP contribution in [0.4, 0.5) is 0 Å². The molecule has 0 N–H and O–H groups in total. The SMILES string of the molecule is COc1ccc(OC)c(C(=O)COc2ccc(-c3nnco3)cc2)c1. The van der Waals surface area contributed by atoms with Gasteiger partial charge in [0.05, 0.1) is 19.8 Å². The smallest absolute Gasteiger partial charge is 0.247 e. The number of carbonyl (C=O) groups is 1. The second-order valence-corrected chi connectivity index (χ2v) is 5.05. The van der Waals surface area contributed by atoms with Crippen molar-refractivity contribution in [1.29, 1.82) is 0 Å². The predicted octanol–water partition coefficient (Wildman–Crippen LogP) is 3.02. The van der Waals surface area contributed by atoms with E-state index in [1.165, 1.54) is 20.6 Å². The number of hydrogen-bond acceptors (Lipinski definition) is 7. The van der Waals surface area contributed by atoms with Crippen LogP contribution in [0.15, 0.2) is 53.3 Å². The highest BCUT2D eigenvalue weighted by Gasteiger charge is 2.14. The van der Waals surface area contributed by atoms with E-state index in [-0.39, 0.29) is 12.4 Å². The maximum absolute atomic E-state index is 12.4. The van der Waals surface area contributed by atoms with Crippen LogP contribution in [0.25, 0.3) is 11.5 Å². The summed E-state index contributed by atoms with van der Waals surface area (Å²) in [7, 11) is 3.05. The summed E-state index contributed by atoms with van der Waals surface area (Å²) >= 11 is 0. The highest BCUT2D eigenvalue weighted by molar-refractivity contribution is 6.00. The van der Waals surface area contributed by atoms with Crippen LogP contribution in [0.2, 0.25) is 0 Å². The molecule has 0 atom stereocenters. The Hall–Kier alpha value is -3.35. The molecule has 1 heterocycles. The van der Waals surface area contributed by atoms with E-state index in [4.69, 9.17) is 18.6 Å². The Morgan fingerprint density at radius 3 is 2.44 bits per heavy atom. The summed E-state index contributed by atoms with van der Waals surface area (Å²) < 4.78 is 21.0. The van der Waals surface area contributed by atoms with Gasteiger partial charge in [-0.3, -0.25) is 4.79 Å².